The van der Waals surface area contributed by atoms with E-state index >= 15 is 0 Å². The van der Waals surface area contributed by atoms with Gasteiger partial charge in [-0.3, -0.25) is 19.2 Å². The van der Waals surface area contributed by atoms with Gasteiger partial charge in [0.25, 0.3) is 0 Å². The van der Waals surface area contributed by atoms with E-state index in [1.54, 1.807) is 24.3 Å². The zero-order valence-electron chi connectivity index (χ0n) is 16.6. The van der Waals surface area contributed by atoms with Crippen molar-refractivity contribution in [1.82, 2.24) is 16.0 Å². The van der Waals surface area contributed by atoms with Crippen LogP contribution in [0.25, 0.3) is 0 Å². The molecule has 3 amide bonds. The molecule has 12 nitrogen and oxygen atoms in total. The Morgan fingerprint density at radius 3 is 2.13 bits per heavy atom. The Balaban J connectivity index is 2.51. The van der Waals surface area contributed by atoms with Crippen molar-refractivity contribution in [3.63, 3.8) is 0 Å². The molecule has 0 saturated carbocycles. The molecule has 0 radical (unpaired) electrons. The third kappa shape index (κ3) is 9.69. The molecule has 0 heterocycles. The van der Waals surface area contributed by atoms with Crippen molar-refractivity contribution in [2.45, 2.75) is 37.4 Å². The maximum Gasteiger partial charge on any atom is 0.326 e. The normalized spacial score (nSPS) is 13.4. The lowest BCUT2D eigenvalue weighted by Gasteiger charge is -2.20. The zero-order chi connectivity index (χ0) is 23.4. The minimum atomic E-state index is -1.51. The molecule has 0 fully saturated rings. The number of aliphatic carboxylic acids is 2. The lowest BCUT2D eigenvalue weighted by atomic mass is 10.1. The summed E-state index contributed by atoms with van der Waals surface area (Å²) in [5.74, 6) is -5.12. The van der Waals surface area contributed by atoms with Crippen LogP contribution in [-0.4, -0.2) is 76.3 Å². The van der Waals surface area contributed by atoms with Gasteiger partial charge >= 0.3 is 11.9 Å². The summed E-state index contributed by atoms with van der Waals surface area (Å²) in [7, 11) is 0. The number of carboxylic acid groups (broad SMARTS) is 2. The minimum absolute atomic E-state index is 0.253. The van der Waals surface area contributed by atoms with Gasteiger partial charge in [-0.2, -0.15) is 0 Å². The van der Waals surface area contributed by atoms with Gasteiger partial charge in [-0.25, -0.2) is 4.79 Å². The average molecular weight is 438 g/mol. The molecule has 170 valence electrons. The van der Waals surface area contributed by atoms with Gasteiger partial charge in [0, 0.05) is 6.42 Å². The zero-order valence-corrected chi connectivity index (χ0v) is 16.6. The van der Waals surface area contributed by atoms with Crippen LogP contribution in [-0.2, 0) is 30.4 Å². The molecule has 31 heavy (non-hydrogen) atoms. The van der Waals surface area contributed by atoms with E-state index in [1.165, 1.54) is 0 Å². The van der Waals surface area contributed by atoms with Gasteiger partial charge < -0.3 is 37.0 Å². The molecule has 1 aromatic rings. The van der Waals surface area contributed by atoms with E-state index in [2.05, 4.69) is 16.0 Å². The highest BCUT2D eigenvalue weighted by molar-refractivity contribution is 5.92. The number of benzene rings is 1. The molecule has 0 aromatic heterocycles. The third-order valence-corrected chi connectivity index (χ3v) is 4.15. The van der Waals surface area contributed by atoms with Crippen LogP contribution in [0, 0.1) is 0 Å². The van der Waals surface area contributed by atoms with Crippen LogP contribution >= 0.6 is 0 Å². The Kier molecular flexibility index (Phi) is 10.6. The number of hydrogen-bond acceptors (Lipinski definition) is 7. The molecule has 0 aliphatic rings. The summed E-state index contributed by atoms with van der Waals surface area (Å²) in [5.41, 5.74) is 6.63. The number of nitrogens with one attached hydrogen (secondary N) is 3. The Morgan fingerprint density at radius 2 is 1.58 bits per heavy atom. The summed E-state index contributed by atoms with van der Waals surface area (Å²) in [4.78, 5) is 57.8. The molecule has 0 unspecified atom stereocenters. The lowest BCUT2D eigenvalue weighted by molar-refractivity contribution is -0.143. The van der Waals surface area contributed by atoms with Crippen molar-refractivity contribution >= 4 is 29.7 Å². The quantitative estimate of drug-likeness (QED) is 0.175. The predicted octanol–water partition coefficient (Wildman–Crippen LogP) is -2.42. The van der Waals surface area contributed by atoms with Gasteiger partial charge in [0.05, 0.1) is 19.2 Å². The van der Waals surface area contributed by atoms with Crippen molar-refractivity contribution in [2.75, 3.05) is 13.2 Å². The largest absolute Gasteiger partial charge is 0.481 e. The van der Waals surface area contributed by atoms with Crippen molar-refractivity contribution in [1.29, 1.82) is 0 Å². The fourth-order valence-corrected chi connectivity index (χ4v) is 2.50. The van der Waals surface area contributed by atoms with Crippen LogP contribution in [0.2, 0.25) is 0 Å². The van der Waals surface area contributed by atoms with Crippen LogP contribution in [0.15, 0.2) is 30.3 Å². The van der Waals surface area contributed by atoms with Crippen LogP contribution in [0.3, 0.4) is 0 Å². The number of carboxylic acids is 2. The number of carbonyl (C=O) groups excluding carboxylic acids is 3. The summed E-state index contributed by atoms with van der Waals surface area (Å²) >= 11 is 0. The molecule has 0 aliphatic heterocycles. The van der Waals surface area contributed by atoms with Gasteiger partial charge in [-0.05, 0) is 18.4 Å². The fourth-order valence-electron chi connectivity index (χ4n) is 2.50. The highest BCUT2D eigenvalue weighted by Gasteiger charge is 2.26. The third-order valence-electron chi connectivity index (χ3n) is 4.15. The number of rotatable bonds is 13. The van der Waals surface area contributed by atoms with Crippen molar-refractivity contribution in [3.8, 4) is 0 Å². The van der Waals surface area contributed by atoms with E-state index in [9.17, 15) is 29.1 Å². The molecule has 0 aliphatic carbocycles. The first kappa shape index (κ1) is 25.5. The fraction of sp³-hybridized carbons (Fsp3) is 0.421. The van der Waals surface area contributed by atoms with Crippen LogP contribution in [0.5, 0.6) is 0 Å². The highest BCUT2D eigenvalue weighted by Crippen LogP contribution is 2.02. The first-order valence-corrected chi connectivity index (χ1v) is 9.36. The monoisotopic (exact) mass is 438 g/mol. The summed E-state index contributed by atoms with van der Waals surface area (Å²) in [6.07, 6.45) is -0.622. The molecule has 12 heteroatoms. The molecule has 0 bridgehead atoms. The Morgan fingerprint density at radius 1 is 0.935 bits per heavy atom. The van der Waals surface area contributed by atoms with Gasteiger partial charge in [-0.1, -0.05) is 30.3 Å². The molecule has 8 N–H and O–H groups in total. The molecule has 1 rings (SSSR count). The SMILES string of the molecule is N[C@@H](Cc1ccccc1)C(=O)NCC(=O)N[C@@H](CO)C(=O)N[C@@H](CCC(=O)O)C(=O)O. The molecular weight excluding hydrogens is 412 g/mol. The van der Waals surface area contributed by atoms with Crippen LogP contribution in [0.1, 0.15) is 18.4 Å². The number of aliphatic hydroxyl groups is 1. The Hall–Kier alpha value is -3.51. The summed E-state index contributed by atoms with van der Waals surface area (Å²) in [5, 5.41) is 33.5. The molecule has 1 aromatic carbocycles. The van der Waals surface area contributed by atoms with E-state index in [1.807, 2.05) is 6.07 Å². The number of hydrogen-bond donors (Lipinski definition) is 7. The highest BCUT2D eigenvalue weighted by atomic mass is 16.4. The second-order valence-corrected chi connectivity index (χ2v) is 6.65. The molecule has 3 atom stereocenters. The number of carbonyl (C=O) groups is 5. The number of aliphatic hydroxyl groups excluding tert-OH is 1. The van der Waals surface area contributed by atoms with Gasteiger partial charge in [0.15, 0.2) is 0 Å². The Bertz CT molecular complexity index is 786. The summed E-state index contributed by atoms with van der Waals surface area (Å²) in [6, 6.07) is 5.10. The first-order valence-electron chi connectivity index (χ1n) is 9.36. The first-order chi connectivity index (χ1) is 14.6. The second-order valence-electron chi connectivity index (χ2n) is 6.65. The van der Waals surface area contributed by atoms with Gasteiger partial charge in [-0.15, -0.1) is 0 Å². The minimum Gasteiger partial charge on any atom is -0.481 e. The smallest absolute Gasteiger partial charge is 0.326 e. The maximum absolute atomic E-state index is 12.1. The number of amides is 3. The van der Waals surface area contributed by atoms with Crippen LogP contribution in [0.4, 0.5) is 0 Å². The van der Waals surface area contributed by atoms with E-state index in [0.29, 0.717) is 0 Å². The van der Waals surface area contributed by atoms with E-state index < -0.39 is 67.4 Å². The molecule has 0 saturated heterocycles. The number of nitrogens with two attached hydrogens (primary N) is 1. The van der Waals surface area contributed by atoms with Gasteiger partial charge in [0.1, 0.15) is 12.1 Å². The van der Waals surface area contributed by atoms with Gasteiger partial charge in [0.2, 0.25) is 17.7 Å². The topological polar surface area (TPSA) is 208 Å². The van der Waals surface area contributed by atoms with Crippen molar-refractivity contribution in [3.05, 3.63) is 35.9 Å². The summed E-state index contributed by atoms with van der Waals surface area (Å²) in [6.45, 7) is -1.36. The second kappa shape index (κ2) is 12.9. The standard InChI is InChI=1S/C19H26N4O8/c20-12(8-11-4-2-1-3-5-11)17(28)21-9-15(25)22-14(10-24)18(29)23-13(19(30)31)6-7-16(26)27/h1-5,12-14,24H,6-10,20H2,(H,21,28)(H,22,25)(H,23,29)(H,26,27)(H,30,31)/t12-,13-,14-/m0/s1. The van der Waals surface area contributed by atoms with E-state index in [0.717, 1.165) is 5.56 Å². The lowest BCUT2D eigenvalue weighted by Crippen LogP contribution is -2.55. The van der Waals surface area contributed by atoms with Crippen LogP contribution < -0.4 is 21.7 Å². The average Bonchev–Trinajstić information content (AvgIpc) is 2.73. The van der Waals surface area contributed by atoms with Crippen molar-refractivity contribution < 1.29 is 39.3 Å². The van der Waals surface area contributed by atoms with Crippen molar-refractivity contribution in [2.24, 2.45) is 5.73 Å². The molecular formula is C19H26N4O8. The Labute approximate surface area is 177 Å². The maximum atomic E-state index is 12.1. The predicted molar refractivity (Wildman–Crippen MR) is 107 cm³/mol. The molecule has 0 spiro atoms. The summed E-state index contributed by atoms with van der Waals surface area (Å²) < 4.78 is 0. The van der Waals surface area contributed by atoms with E-state index in [4.69, 9.17) is 15.9 Å². The van der Waals surface area contributed by atoms with E-state index in [-0.39, 0.29) is 12.8 Å².